The molecule has 1 N–H and O–H groups in total. The molecule has 4 heteroatoms. The lowest BCUT2D eigenvalue weighted by Crippen LogP contribution is -2.38. The summed E-state index contributed by atoms with van der Waals surface area (Å²) in [6, 6.07) is -0.111. The Bertz CT molecular complexity index is 188. The third-order valence-corrected chi connectivity index (χ3v) is 3.26. The third kappa shape index (κ3) is 9.48. The number of carbonyl (C=O) groups excluding carboxylic acids is 1. The van der Waals surface area contributed by atoms with Gasteiger partial charge in [-0.1, -0.05) is 19.8 Å². The van der Waals surface area contributed by atoms with E-state index in [4.69, 9.17) is 4.74 Å². The first-order valence-corrected chi connectivity index (χ1v) is 8.04. The van der Waals surface area contributed by atoms with E-state index in [-0.39, 0.29) is 12.0 Å². The fourth-order valence-electron chi connectivity index (χ4n) is 1.66. The number of ether oxygens (including phenoxy) is 1. The smallest absolute Gasteiger partial charge is 0.323 e. The Kier molecular flexibility index (Phi) is 12.1. The van der Waals surface area contributed by atoms with E-state index < -0.39 is 0 Å². The molecule has 3 nitrogen and oxygen atoms in total. The molecule has 17 heavy (non-hydrogen) atoms. The second kappa shape index (κ2) is 12.2. The molecular weight excluding hydrogens is 234 g/mol. The Balaban J connectivity index is 3.65. The van der Waals surface area contributed by atoms with Crippen LogP contribution in [0.2, 0.25) is 0 Å². The van der Waals surface area contributed by atoms with Crippen molar-refractivity contribution in [3.05, 3.63) is 0 Å². The van der Waals surface area contributed by atoms with Crippen LogP contribution >= 0.6 is 11.8 Å². The number of hydrogen-bond donors (Lipinski definition) is 1. The van der Waals surface area contributed by atoms with E-state index in [0.29, 0.717) is 6.61 Å². The van der Waals surface area contributed by atoms with Crippen LogP contribution in [-0.2, 0) is 9.53 Å². The van der Waals surface area contributed by atoms with Gasteiger partial charge in [-0.3, -0.25) is 4.79 Å². The second-order valence-electron chi connectivity index (χ2n) is 4.10. The van der Waals surface area contributed by atoms with Gasteiger partial charge < -0.3 is 10.1 Å². The van der Waals surface area contributed by atoms with Gasteiger partial charge in [-0.05, 0) is 44.7 Å². The zero-order valence-electron chi connectivity index (χ0n) is 11.5. The molecule has 0 heterocycles. The van der Waals surface area contributed by atoms with Crippen molar-refractivity contribution in [2.75, 3.05) is 25.2 Å². The zero-order chi connectivity index (χ0) is 12.9. The molecule has 0 amide bonds. The zero-order valence-corrected chi connectivity index (χ0v) is 12.3. The summed E-state index contributed by atoms with van der Waals surface area (Å²) in [5.74, 6) is 1.13. The molecule has 0 aliphatic rings. The van der Waals surface area contributed by atoms with Crippen LogP contribution in [0.4, 0.5) is 0 Å². The Labute approximate surface area is 110 Å². The second-order valence-corrected chi connectivity index (χ2v) is 5.09. The van der Waals surface area contributed by atoms with Gasteiger partial charge in [-0.2, -0.15) is 11.8 Å². The fourth-order valence-corrected chi connectivity index (χ4v) is 2.15. The maximum absolute atomic E-state index is 11.6. The minimum Gasteiger partial charge on any atom is -0.465 e. The molecule has 0 aromatic rings. The van der Waals surface area contributed by atoms with Crippen LogP contribution in [0, 0.1) is 0 Å². The molecule has 0 spiro atoms. The Morgan fingerprint density at radius 3 is 2.65 bits per heavy atom. The summed E-state index contributed by atoms with van der Waals surface area (Å²) >= 11 is 1.89. The van der Waals surface area contributed by atoms with Gasteiger partial charge in [0.05, 0.1) is 6.61 Å². The van der Waals surface area contributed by atoms with Crippen molar-refractivity contribution in [1.82, 2.24) is 5.32 Å². The first kappa shape index (κ1) is 16.8. The van der Waals surface area contributed by atoms with Crippen molar-refractivity contribution in [3.8, 4) is 0 Å². The van der Waals surface area contributed by atoms with Crippen LogP contribution in [0.1, 0.15) is 46.0 Å². The first-order valence-electron chi connectivity index (χ1n) is 6.65. The number of esters is 1. The van der Waals surface area contributed by atoms with Crippen LogP contribution < -0.4 is 5.32 Å². The van der Waals surface area contributed by atoms with Crippen LogP contribution in [-0.4, -0.2) is 37.2 Å². The summed E-state index contributed by atoms with van der Waals surface area (Å²) in [5, 5.41) is 3.30. The van der Waals surface area contributed by atoms with Crippen molar-refractivity contribution >= 4 is 17.7 Å². The SMILES string of the molecule is CCCC(NCCCCCSC)C(=O)OCC. The van der Waals surface area contributed by atoms with E-state index in [1.807, 2.05) is 18.7 Å². The lowest BCUT2D eigenvalue weighted by Gasteiger charge is -2.16. The molecule has 1 atom stereocenters. The Morgan fingerprint density at radius 2 is 2.06 bits per heavy atom. The minimum absolute atomic E-state index is 0.0986. The number of hydrogen-bond acceptors (Lipinski definition) is 4. The van der Waals surface area contributed by atoms with E-state index in [9.17, 15) is 4.79 Å². The Hall–Kier alpha value is -0.220. The molecule has 0 saturated carbocycles. The molecule has 0 fully saturated rings. The van der Waals surface area contributed by atoms with E-state index in [0.717, 1.165) is 25.8 Å². The van der Waals surface area contributed by atoms with E-state index in [1.54, 1.807) is 0 Å². The van der Waals surface area contributed by atoms with Gasteiger partial charge in [0.1, 0.15) is 6.04 Å². The predicted octanol–water partition coefficient (Wildman–Crippen LogP) is 2.84. The molecular formula is C13H27NO2S. The molecule has 102 valence electrons. The van der Waals surface area contributed by atoms with Crippen LogP contribution in [0.5, 0.6) is 0 Å². The molecule has 0 rings (SSSR count). The van der Waals surface area contributed by atoms with Crippen molar-refractivity contribution in [2.24, 2.45) is 0 Å². The summed E-state index contributed by atoms with van der Waals surface area (Å²) in [6.45, 7) is 5.32. The maximum Gasteiger partial charge on any atom is 0.323 e. The van der Waals surface area contributed by atoms with Gasteiger partial charge in [-0.15, -0.1) is 0 Å². The fraction of sp³-hybridized carbons (Fsp3) is 0.923. The van der Waals surface area contributed by atoms with Crippen LogP contribution in [0.15, 0.2) is 0 Å². The minimum atomic E-state index is -0.111. The van der Waals surface area contributed by atoms with E-state index >= 15 is 0 Å². The third-order valence-electron chi connectivity index (χ3n) is 2.56. The normalized spacial score (nSPS) is 12.4. The molecule has 0 bridgehead atoms. The standard InChI is InChI=1S/C13H27NO2S/c1-4-9-12(13(15)16-5-2)14-10-7-6-8-11-17-3/h12,14H,4-11H2,1-3H3. The summed E-state index contributed by atoms with van der Waals surface area (Å²) in [5.41, 5.74) is 0. The maximum atomic E-state index is 11.6. The highest BCUT2D eigenvalue weighted by atomic mass is 32.2. The molecule has 0 aliphatic heterocycles. The number of unbranched alkanes of at least 4 members (excludes halogenated alkanes) is 2. The summed E-state index contributed by atoms with van der Waals surface area (Å²) in [7, 11) is 0. The van der Waals surface area contributed by atoms with Gasteiger partial charge in [0.25, 0.3) is 0 Å². The highest BCUT2D eigenvalue weighted by molar-refractivity contribution is 7.98. The van der Waals surface area contributed by atoms with Gasteiger partial charge in [0, 0.05) is 0 Å². The average Bonchev–Trinajstić information content (AvgIpc) is 2.32. The average molecular weight is 261 g/mol. The predicted molar refractivity (Wildman–Crippen MR) is 75.6 cm³/mol. The van der Waals surface area contributed by atoms with E-state index in [2.05, 4.69) is 18.5 Å². The summed E-state index contributed by atoms with van der Waals surface area (Å²) < 4.78 is 5.05. The topological polar surface area (TPSA) is 38.3 Å². The number of thioether (sulfide) groups is 1. The lowest BCUT2D eigenvalue weighted by atomic mass is 10.1. The van der Waals surface area contributed by atoms with Gasteiger partial charge in [-0.25, -0.2) is 0 Å². The monoisotopic (exact) mass is 261 g/mol. The highest BCUT2D eigenvalue weighted by Crippen LogP contribution is 2.03. The highest BCUT2D eigenvalue weighted by Gasteiger charge is 2.17. The quantitative estimate of drug-likeness (QED) is 0.458. The van der Waals surface area contributed by atoms with Crippen molar-refractivity contribution < 1.29 is 9.53 Å². The number of carbonyl (C=O) groups is 1. The largest absolute Gasteiger partial charge is 0.465 e. The van der Waals surface area contributed by atoms with Crippen molar-refractivity contribution in [3.63, 3.8) is 0 Å². The molecule has 0 aromatic heterocycles. The molecule has 0 radical (unpaired) electrons. The number of nitrogens with one attached hydrogen (secondary N) is 1. The lowest BCUT2D eigenvalue weighted by molar-refractivity contribution is -0.145. The summed E-state index contributed by atoms with van der Waals surface area (Å²) in [6.07, 6.45) is 7.64. The van der Waals surface area contributed by atoms with Gasteiger partial charge in [0.2, 0.25) is 0 Å². The van der Waals surface area contributed by atoms with Gasteiger partial charge in [0.15, 0.2) is 0 Å². The van der Waals surface area contributed by atoms with Crippen LogP contribution in [0.25, 0.3) is 0 Å². The molecule has 0 aromatic carbocycles. The van der Waals surface area contributed by atoms with Crippen molar-refractivity contribution in [2.45, 2.75) is 52.0 Å². The van der Waals surface area contributed by atoms with Crippen LogP contribution in [0.3, 0.4) is 0 Å². The summed E-state index contributed by atoms with van der Waals surface area (Å²) in [4.78, 5) is 11.6. The molecule has 0 aliphatic carbocycles. The van der Waals surface area contributed by atoms with Gasteiger partial charge >= 0.3 is 5.97 Å². The van der Waals surface area contributed by atoms with E-state index in [1.165, 1.54) is 18.6 Å². The van der Waals surface area contributed by atoms with Crippen molar-refractivity contribution in [1.29, 1.82) is 0 Å². The number of rotatable bonds is 11. The molecule has 0 saturated heterocycles. The Morgan fingerprint density at radius 1 is 1.29 bits per heavy atom. The molecule has 1 unspecified atom stereocenters. The first-order chi connectivity index (χ1) is 8.26.